The van der Waals surface area contributed by atoms with Gasteiger partial charge in [-0.3, -0.25) is 4.79 Å². The second kappa shape index (κ2) is 4.59. The Morgan fingerprint density at radius 1 is 1.20 bits per heavy atom. The first kappa shape index (κ1) is 12.6. The van der Waals surface area contributed by atoms with Crippen LogP contribution in [0.4, 0.5) is 20.2 Å². The van der Waals surface area contributed by atoms with Crippen LogP contribution in [0.1, 0.15) is 15.9 Å². The van der Waals surface area contributed by atoms with E-state index in [-0.39, 0.29) is 5.56 Å². The van der Waals surface area contributed by atoms with E-state index in [4.69, 9.17) is 5.73 Å². The van der Waals surface area contributed by atoms with Crippen molar-refractivity contribution in [2.75, 3.05) is 17.2 Å². The number of hydrogen-bond acceptors (Lipinski definition) is 2. The first-order valence-corrected chi connectivity index (χ1v) is 6.22. The molecule has 0 aliphatic carbocycles. The van der Waals surface area contributed by atoms with Gasteiger partial charge in [-0.05, 0) is 42.3 Å². The Morgan fingerprint density at radius 2 is 2.00 bits per heavy atom. The highest BCUT2D eigenvalue weighted by atomic mass is 19.2. The molecular formula is C15H12F2N2O. The van der Waals surface area contributed by atoms with Crippen molar-refractivity contribution in [2.24, 2.45) is 0 Å². The van der Waals surface area contributed by atoms with Gasteiger partial charge in [0.2, 0.25) is 0 Å². The van der Waals surface area contributed by atoms with E-state index in [0.717, 1.165) is 11.6 Å². The SMILES string of the molecule is Nc1ccc2c(c1)CCN2C(=O)c1cccc(F)c1F. The predicted octanol–water partition coefficient (Wildman–Crippen LogP) is 2.75. The Labute approximate surface area is 114 Å². The van der Waals surface area contributed by atoms with Gasteiger partial charge in [-0.2, -0.15) is 0 Å². The Bertz CT molecular complexity index is 700. The van der Waals surface area contributed by atoms with Crippen molar-refractivity contribution in [3.05, 3.63) is 59.2 Å². The zero-order valence-corrected chi connectivity index (χ0v) is 10.6. The molecule has 0 saturated heterocycles. The molecule has 3 rings (SSSR count). The third kappa shape index (κ3) is 1.91. The average Bonchev–Trinajstić information content (AvgIpc) is 2.84. The minimum Gasteiger partial charge on any atom is -0.399 e. The Kier molecular flexibility index (Phi) is 2.89. The molecule has 0 unspecified atom stereocenters. The summed E-state index contributed by atoms with van der Waals surface area (Å²) in [6.07, 6.45) is 0.656. The molecule has 2 N–H and O–H groups in total. The van der Waals surface area contributed by atoms with E-state index in [1.807, 2.05) is 0 Å². The maximum Gasteiger partial charge on any atom is 0.261 e. The number of nitrogens with two attached hydrogens (primary N) is 1. The highest BCUT2D eigenvalue weighted by Gasteiger charge is 2.28. The third-order valence-electron chi connectivity index (χ3n) is 3.43. The lowest BCUT2D eigenvalue weighted by atomic mass is 10.1. The van der Waals surface area contributed by atoms with Crippen molar-refractivity contribution in [1.29, 1.82) is 0 Å². The molecule has 2 aromatic carbocycles. The second-order valence-electron chi connectivity index (χ2n) is 4.70. The van der Waals surface area contributed by atoms with Crippen LogP contribution in [0.3, 0.4) is 0 Å². The van der Waals surface area contributed by atoms with Crippen LogP contribution < -0.4 is 10.6 Å². The minimum absolute atomic E-state index is 0.255. The van der Waals surface area contributed by atoms with Gasteiger partial charge in [-0.1, -0.05) is 6.07 Å². The predicted molar refractivity (Wildman–Crippen MR) is 72.6 cm³/mol. The van der Waals surface area contributed by atoms with E-state index in [1.165, 1.54) is 17.0 Å². The number of fused-ring (bicyclic) bond motifs is 1. The van der Waals surface area contributed by atoms with Crippen LogP contribution in [0.25, 0.3) is 0 Å². The van der Waals surface area contributed by atoms with Crippen LogP contribution in [0, 0.1) is 11.6 Å². The summed E-state index contributed by atoms with van der Waals surface area (Å²) in [7, 11) is 0. The Balaban J connectivity index is 2.00. The molecule has 0 fully saturated rings. The van der Waals surface area contributed by atoms with Gasteiger partial charge in [0.15, 0.2) is 11.6 Å². The number of hydrogen-bond donors (Lipinski definition) is 1. The maximum absolute atomic E-state index is 13.7. The van der Waals surface area contributed by atoms with Gasteiger partial charge < -0.3 is 10.6 Å². The first-order chi connectivity index (χ1) is 9.58. The number of benzene rings is 2. The van der Waals surface area contributed by atoms with Crippen molar-refractivity contribution in [3.8, 4) is 0 Å². The molecule has 1 amide bonds. The molecule has 102 valence electrons. The van der Waals surface area contributed by atoms with E-state index < -0.39 is 17.5 Å². The van der Waals surface area contributed by atoms with Gasteiger partial charge in [-0.25, -0.2) is 8.78 Å². The third-order valence-corrected chi connectivity index (χ3v) is 3.43. The van der Waals surface area contributed by atoms with E-state index >= 15 is 0 Å². The average molecular weight is 274 g/mol. The summed E-state index contributed by atoms with van der Waals surface area (Å²) in [4.78, 5) is 13.8. The van der Waals surface area contributed by atoms with Crippen LogP contribution in [-0.2, 0) is 6.42 Å². The summed E-state index contributed by atoms with van der Waals surface area (Å²) in [6.45, 7) is 0.438. The quantitative estimate of drug-likeness (QED) is 0.813. The van der Waals surface area contributed by atoms with E-state index in [0.29, 0.717) is 24.3 Å². The Morgan fingerprint density at radius 3 is 2.80 bits per heavy atom. The molecule has 2 aromatic rings. The van der Waals surface area contributed by atoms with Crippen LogP contribution in [0.2, 0.25) is 0 Å². The number of nitrogens with zero attached hydrogens (tertiary/aromatic N) is 1. The number of rotatable bonds is 1. The van der Waals surface area contributed by atoms with E-state index in [9.17, 15) is 13.6 Å². The molecule has 0 atom stereocenters. The summed E-state index contributed by atoms with van der Waals surface area (Å²) in [5, 5.41) is 0. The number of amides is 1. The smallest absolute Gasteiger partial charge is 0.261 e. The molecular weight excluding hydrogens is 262 g/mol. The molecule has 0 bridgehead atoms. The van der Waals surface area contributed by atoms with Crippen molar-refractivity contribution < 1.29 is 13.6 Å². The summed E-state index contributed by atoms with van der Waals surface area (Å²) in [5.74, 6) is -2.67. The van der Waals surface area contributed by atoms with Gasteiger partial charge in [0.05, 0.1) is 5.56 Å². The fraction of sp³-hybridized carbons (Fsp3) is 0.133. The fourth-order valence-corrected chi connectivity index (χ4v) is 2.45. The lowest BCUT2D eigenvalue weighted by molar-refractivity contribution is 0.0984. The van der Waals surface area contributed by atoms with Crippen LogP contribution in [-0.4, -0.2) is 12.5 Å². The normalized spacial score (nSPS) is 13.4. The number of halogens is 2. The highest BCUT2D eigenvalue weighted by Crippen LogP contribution is 2.31. The van der Waals surface area contributed by atoms with Crippen molar-refractivity contribution in [2.45, 2.75) is 6.42 Å². The fourth-order valence-electron chi connectivity index (χ4n) is 2.45. The van der Waals surface area contributed by atoms with Crippen LogP contribution in [0.15, 0.2) is 36.4 Å². The van der Waals surface area contributed by atoms with Crippen molar-refractivity contribution >= 4 is 17.3 Å². The molecule has 0 aromatic heterocycles. The van der Waals surface area contributed by atoms with Gasteiger partial charge >= 0.3 is 0 Å². The monoisotopic (exact) mass is 274 g/mol. The minimum atomic E-state index is -1.11. The summed E-state index contributed by atoms with van der Waals surface area (Å²) >= 11 is 0. The molecule has 1 heterocycles. The molecule has 3 nitrogen and oxygen atoms in total. The van der Waals surface area contributed by atoms with Gasteiger partial charge in [0, 0.05) is 17.9 Å². The summed E-state index contributed by atoms with van der Waals surface area (Å²) in [6, 6.07) is 8.82. The molecule has 0 spiro atoms. The lowest BCUT2D eigenvalue weighted by Gasteiger charge is -2.18. The molecule has 0 radical (unpaired) electrons. The molecule has 1 aliphatic rings. The molecule has 0 saturated carbocycles. The zero-order valence-electron chi connectivity index (χ0n) is 10.6. The van der Waals surface area contributed by atoms with Gasteiger partial charge in [0.25, 0.3) is 5.91 Å². The maximum atomic E-state index is 13.7. The summed E-state index contributed by atoms with van der Waals surface area (Å²) in [5.41, 5.74) is 7.70. The summed E-state index contributed by atoms with van der Waals surface area (Å²) < 4.78 is 26.9. The zero-order chi connectivity index (χ0) is 14.3. The van der Waals surface area contributed by atoms with Crippen LogP contribution >= 0.6 is 0 Å². The van der Waals surface area contributed by atoms with Crippen molar-refractivity contribution in [3.63, 3.8) is 0 Å². The largest absolute Gasteiger partial charge is 0.399 e. The number of carbonyl (C=O) groups excluding carboxylic acids is 1. The second-order valence-corrected chi connectivity index (χ2v) is 4.70. The van der Waals surface area contributed by atoms with Crippen molar-refractivity contribution in [1.82, 2.24) is 0 Å². The molecule has 20 heavy (non-hydrogen) atoms. The number of nitrogen functional groups attached to an aromatic ring is 1. The number of carbonyl (C=O) groups is 1. The topological polar surface area (TPSA) is 46.3 Å². The Hall–Kier alpha value is -2.43. The standard InChI is InChI=1S/C15H12F2N2O/c16-12-3-1-2-11(14(12)17)15(20)19-7-6-9-8-10(18)4-5-13(9)19/h1-5,8H,6-7,18H2. The van der Waals surface area contributed by atoms with Crippen LogP contribution in [0.5, 0.6) is 0 Å². The van der Waals surface area contributed by atoms with E-state index in [1.54, 1.807) is 18.2 Å². The van der Waals surface area contributed by atoms with Gasteiger partial charge in [0.1, 0.15) is 0 Å². The lowest BCUT2D eigenvalue weighted by Crippen LogP contribution is -2.29. The molecule has 5 heteroatoms. The first-order valence-electron chi connectivity index (χ1n) is 6.22. The molecule has 1 aliphatic heterocycles. The van der Waals surface area contributed by atoms with E-state index in [2.05, 4.69) is 0 Å². The number of anilines is 2. The van der Waals surface area contributed by atoms with Gasteiger partial charge in [-0.15, -0.1) is 0 Å². The highest BCUT2D eigenvalue weighted by molar-refractivity contribution is 6.07.